The van der Waals surface area contributed by atoms with Crippen molar-refractivity contribution in [3.63, 3.8) is 0 Å². The van der Waals surface area contributed by atoms with Gasteiger partial charge in [0.15, 0.2) is 0 Å². The number of aromatic nitrogens is 1. The van der Waals surface area contributed by atoms with E-state index in [1.165, 1.54) is 6.08 Å². The van der Waals surface area contributed by atoms with Crippen molar-refractivity contribution in [2.45, 2.75) is 0 Å². The minimum atomic E-state index is -0.659. The Morgan fingerprint density at radius 3 is 3.00 bits per heavy atom. The number of nitriles is 1. The smallest absolute Gasteiger partial charge is 0.348 e. The first-order chi connectivity index (χ1) is 9.26. The van der Waals surface area contributed by atoms with E-state index in [4.69, 9.17) is 21.6 Å². The van der Waals surface area contributed by atoms with Crippen LogP contribution in [-0.4, -0.2) is 23.4 Å². The Morgan fingerprint density at radius 2 is 2.26 bits per heavy atom. The third-order valence-electron chi connectivity index (χ3n) is 2.57. The first-order valence-corrected chi connectivity index (χ1v) is 6.20. The summed E-state index contributed by atoms with van der Waals surface area (Å²) in [5, 5.41) is 9.95. The monoisotopic (exact) mass is 274 g/mol. The highest BCUT2D eigenvalue weighted by atomic mass is 35.5. The molecular weight excluding hydrogens is 264 g/mol. The number of benzene rings is 1. The topological polar surface area (TPSA) is 65.9 Å². The Balaban J connectivity index is 2.33. The zero-order valence-corrected chi connectivity index (χ0v) is 10.8. The fraction of sp³-hybridized carbons (Fsp3) is 0.143. The first kappa shape index (κ1) is 13.2. The Kier molecular flexibility index (Phi) is 4.22. The molecule has 1 aromatic carbocycles. The van der Waals surface area contributed by atoms with Crippen LogP contribution in [0.1, 0.15) is 5.56 Å². The largest absolute Gasteiger partial charge is 0.460 e. The Hall–Kier alpha value is -2.25. The maximum Gasteiger partial charge on any atom is 0.348 e. The van der Waals surface area contributed by atoms with Gasteiger partial charge in [0.25, 0.3) is 0 Å². The van der Waals surface area contributed by atoms with E-state index in [9.17, 15) is 4.79 Å². The summed E-state index contributed by atoms with van der Waals surface area (Å²) in [4.78, 5) is 14.7. The normalized spacial score (nSPS) is 11.3. The number of carbonyl (C=O) groups is 1. The maximum absolute atomic E-state index is 11.6. The second-order valence-electron chi connectivity index (χ2n) is 3.78. The predicted molar refractivity (Wildman–Crippen MR) is 73.6 cm³/mol. The highest BCUT2D eigenvalue weighted by Gasteiger charge is 2.11. The van der Waals surface area contributed by atoms with Gasteiger partial charge >= 0.3 is 5.97 Å². The van der Waals surface area contributed by atoms with Crippen LogP contribution in [0.4, 0.5) is 0 Å². The van der Waals surface area contributed by atoms with E-state index in [2.05, 4.69) is 4.98 Å². The molecule has 0 unspecified atom stereocenters. The highest BCUT2D eigenvalue weighted by molar-refractivity contribution is 6.18. The highest BCUT2D eigenvalue weighted by Crippen LogP contribution is 2.20. The van der Waals surface area contributed by atoms with Crippen LogP contribution >= 0.6 is 11.6 Å². The van der Waals surface area contributed by atoms with Gasteiger partial charge in [0.05, 0.1) is 5.88 Å². The molecule has 0 saturated heterocycles. The quantitative estimate of drug-likeness (QED) is 0.403. The summed E-state index contributed by atoms with van der Waals surface area (Å²) < 4.78 is 4.83. The Labute approximate surface area is 115 Å². The molecule has 0 amide bonds. The molecule has 19 heavy (non-hydrogen) atoms. The lowest BCUT2D eigenvalue weighted by Crippen LogP contribution is -2.08. The SMILES string of the molecule is N#CC(=Cc1c[nH]c2ccccc12)C(=O)OCCCl. The molecule has 0 saturated carbocycles. The van der Waals surface area contributed by atoms with Gasteiger partial charge in [0, 0.05) is 22.7 Å². The standard InChI is InChI=1S/C14H11ClN2O2/c15-5-6-19-14(18)10(8-16)7-11-9-17-13-4-2-1-3-12(11)13/h1-4,7,9,17H,5-6H2. The van der Waals surface area contributed by atoms with E-state index < -0.39 is 5.97 Å². The lowest BCUT2D eigenvalue weighted by atomic mass is 10.1. The number of aromatic amines is 1. The number of nitrogens with one attached hydrogen (secondary N) is 1. The van der Waals surface area contributed by atoms with Gasteiger partial charge in [-0.3, -0.25) is 0 Å². The second kappa shape index (κ2) is 6.07. The summed E-state index contributed by atoms with van der Waals surface area (Å²) in [5.41, 5.74) is 1.67. The number of alkyl halides is 1. The molecule has 2 aromatic rings. The zero-order valence-electron chi connectivity index (χ0n) is 10.0. The average Bonchev–Trinajstić information content (AvgIpc) is 2.85. The zero-order chi connectivity index (χ0) is 13.7. The number of halogens is 1. The molecule has 0 aliphatic carbocycles. The molecular formula is C14H11ClN2O2. The number of nitrogens with zero attached hydrogens (tertiary/aromatic N) is 1. The van der Waals surface area contributed by atoms with Crippen LogP contribution in [0.15, 0.2) is 36.0 Å². The van der Waals surface area contributed by atoms with E-state index in [0.717, 1.165) is 16.5 Å². The van der Waals surface area contributed by atoms with Crippen molar-refractivity contribution in [3.8, 4) is 6.07 Å². The van der Waals surface area contributed by atoms with Crippen molar-refractivity contribution in [2.75, 3.05) is 12.5 Å². The summed E-state index contributed by atoms with van der Waals surface area (Å²) >= 11 is 5.43. The summed E-state index contributed by atoms with van der Waals surface area (Å²) in [6, 6.07) is 9.48. The van der Waals surface area contributed by atoms with E-state index in [1.54, 1.807) is 6.20 Å². The van der Waals surface area contributed by atoms with Crippen molar-refractivity contribution in [3.05, 3.63) is 41.6 Å². The first-order valence-electron chi connectivity index (χ1n) is 5.67. The number of H-pyrrole nitrogens is 1. The van der Waals surface area contributed by atoms with E-state index >= 15 is 0 Å². The van der Waals surface area contributed by atoms with Crippen molar-refractivity contribution in [1.29, 1.82) is 5.26 Å². The molecule has 1 N–H and O–H groups in total. The Morgan fingerprint density at radius 1 is 1.47 bits per heavy atom. The van der Waals surface area contributed by atoms with Crippen LogP contribution < -0.4 is 0 Å². The van der Waals surface area contributed by atoms with Gasteiger partial charge in [-0.05, 0) is 12.1 Å². The third-order valence-corrected chi connectivity index (χ3v) is 2.73. The van der Waals surface area contributed by atoms with Gasteiger partial charge in [-0.2, -0.15) is 5.26 Å². The number of ether oxygens (including phenoxy) is 1. The molecule has 0 aliphatic rings. The number of rotatable bonds is 4. The van der Waals surface area contributed by atoms with Crippen molar-refractivity contribution >= 4 is 34.5 Å². The van der Waals surface area contributed by atoms with E-state index in [0.29, 0.717) is 0 Å². The minimum Gasteiger partial charge on any atom is -0.460 e. The van der Waals surface area contributed by atoms with Gasteiger partial charge < -0.3 is 9.72 Å². The van der Waals surface area contributed by atoms with Gasteiger partial charge in [0.1, 0.15) is 18.2 Å². The lowest BCUT2D eigenvalue weighted by Gasteiger charge is -2.00. The summed E-state index contributed by atoms with van der Waals surface area (Å²) in [6.45, 7) is 0.0906. The molecule has 4 nitrogen and oxygen atoms in total. The van der Waals surface area contributed by atoms with Gasteiger partial charge in [-0.25, -0.2) is 4.79 Å². The van der Waals surface area contributed by atoms with Crippen molar-refractivity contribution in [2.24, 2.45) is 0 Å². The minimum absolute atomic E-state index is 0.0464. The van der Waals surface area contributed by atoms with Gasteiger partial charge in [-0.15, -0.1) is 11.6 Å². The maximum atomic E-state index is 11.6. The lowest BCUT2D eigenvalue weighted by molar-refractivity contribution is -0.137. The molecule has 96 valence electrons. The molecule has 0 radical (unpaired) electrons. The fourth-order valence-electron chi connectivity index (χ4n) is 1.71. The van der Waals surface area contributed by atoms with E-state index in [-0.39, 0.29) is 18.1 Å². The third kappa shape index (κ3) is 2.95. The Bertz CT molecular complexity index is 667. The number of carbonyl (C=O) groups excluding carboxylic acids is 1. The number of hydrogen-bond donors (Lipinski definition) is 1. The van der Waals surface area contributed by atoms with Crippen LogP contribution in [0.5, 0.6) is 0 Å². The van der Waals surface area contributed by atoms with Crippen LogP contribution in [0.25, 0.3) is 17.0 Å². The van der Waals surface area contributed by atoms with Gasteiger partial charge in [0.2, 0.25) is 0 Å². The van der Waals surface area contributed by atoms with Crippen LogP contribution in [0, 0.1) is 11.3 Å². The predicted octanol–water partition coefficient (Wildman–Crippen LogP) is 2.86. The second-order valence-corrected chi connectivity index (χ2v) is 4.16. The summed E-state index contributed by atoms with van der Waals surface area (Å²) in [5.74, 6) is -0.453. The van der Waals surface area contributed by atoms with Crippen molar-refractivity contribution in [1.82, 2.24) is 4.98 Å². The molecule has 0 fully saturated rings. The van der Waals surface area contributed by atoms with Crippen molar-refractivity contribution < 1.29 is 9.53 Å². The molecule has 5 heteroatoms. The van der Waals surface area contributed by atoms with Crippen LogP contribution in [0.3, 0.4) is 0 Å². The number of esters is 1. The summed E-state index contributed by atoms with van der Waals surface area (Å²) in [6.07, 6.45) is 3.26. The molecule has 0 atom stereocenters. The molecule has 0 spiro atoms. The van der Waals surface area contributed by atoms with Gasteiger partial charge in [-0.1, -0.05) is 18.2 Å². The van der Waals surface area contributed by atoms with E-state index in [1.807, 2.05) is 30.3 Å². The number of fused-ring (bicyclic) bond motifs is 1. The molecule has 0 bridgehead atoms. The number of para-hydroxylation sites is 1. The summed E-state index contributed by atoms with van der Waals surface area (Å²) in [7, 11) is 0. The average molecular weight is 275 g/mol. The molecule has 0 aliphatic heterocycles. The molecule has 1 aromatic heterocycles. The van der Waals surface area contributed by atoms with Crippen LogP contribution in [0.2, 0.25) is 0 Å². The fourth-order valence-corrected chi connectivity index (χ4v) is 1.79. The molecule has 1 heterocycles. The number of hydrogen-bond acceptors (Lipinski definition) is 3. The molecule has 2 rings (SSSR count). The van der Waals surface area contributed by atoms with Crippen LogP contribution in [-0.2, 0) is 9.53 Å².